The van der Waals surface area contributed by atoms with Gasteiger partial charge in [-0.25, -0.2) is 0 Å². The lowest BCUT2D eigenvalue weighted by molar-refractivity contribution is 0.0901. The van der Waals surface area contributed by atoms with Crippen LogP contribution in [-0.4, -0.2) is 5.78 Å². The summed E-state index contributed by atoms with van der Waals surface area (Å²) in [5.74, 6) is 2.47. The summed E-state index contributed by atoms with van der Waals surface area (Å²) in [4.78, 5) is 13.9. The van der Waals surface area contributed by atoms with Crippen molar-refractivity contribution in [3.05, 3.63) is 119 Å². The summed E-state index contributed by atoms with van der Waals surface area (Å²) in [6.45, 7) is 13.7. The normalized spacial score (nSPS) is 14.0. The fourth-order valence-corrected chi connectivity index (χ4v) is 6.11. The van der Waals surface area contributed by atoms with Crippen LogP contribution in [0.3, 0.4) is 0 Å². The van der Waals surface area contributed by atoms with Crippen LogP contribution in [-0.2, 0) is 0 Å². The summed E-state index contributed by atoms with van der Waals surface area (Å²) in [7, 11) is 0. The van der Waals surface area contributed by atoms with E-state index in [1.165, 1.54) is 27.6 Å². The summed E-state index contributed by atoms with van der Waals surface area (Å²) >= 11 is 0. The molecule has 0 bridgehead atoms. The van der Waals surface area contributed by atoms with Crippen LogP contribution < -0.4 is 0 Å². The van der Waals surface area contributed by atoms with Gasteiger partial charge in [0, 0.05) is 11.5 Å². The molecule has 0 aliphatic rings. The number of Topliss-reactive ketones (excluding diaryl/α,β-unsaturated/α-hetero) is 1. The average molecular weight is 547 g/mol. The van der Waals surface area contributed by atoms with Gasteiger partial charge in [0.2, 0.25) is 0 Å². The minimum atomic E-state index is 0.0690. The maximum absolute atomic E-state index is 13.9. The van der Waals surface area contributed by atoms with Gasteiger partial charge in [-0.15, -0.1) is 0 Å². The molecule has 4 rings (SSSR count). The molecule has 0 N–H and O–H groups in total. The molecule has 0 fully saturated rings. The molecule has 41 heavy (non-hydrogen) atoms. The second-order valence-electron chi connectivity index (χ2n) is 12.9. The van der Waals surface area contributed by atoms with Gasteiger partial charge in [0.15, 0.2) is 5.78 Å². The second kappa shape index (κ2) is 14.6. The Bertz CT molecular complexity index is 1350. The van der Waals surface area contributed by atoms with Crippen molar-refractivity contribution < 1.29 is 4.79 Å². The number of carbonyl (C=O) groups excluding carboxylic acids is 1. The molecule has 1 heteroatoms. The Morgan fingerprint density at radius 3 is 1.51 bits per heavy atom. The van der Waals surface area contributed by atoms with Gasteiger partial charge < -0.3 is 0 Å². The molecule has 4 aromatic carbocycles. The molecule has 0 saturated heterocycles. The molecule has 4 aromatic rings. The summed E-state index contributed by atoms with van der Waals surface area (Å²) in [5.41, 5.74) is 6.53. The minimum Gasteiger partial charge on any atom is -0.294 e. The van der Waals surface area contributed by atoms with Gasteiger partial charge in [0.25, 0.3) is 0 Å². The highest BCUT2D eigenvalue weighted by atomic mass is 16.1. The quantitative estimate of drug-likeness (QED) is 0.144. The molecule has 0 aliphatic carbocycles. The molecule has 0 aliphatic heterocycles. The van der Waals surface area contributed by atoms with Crippen LogP contribution >= 0.6 is 0 Å². The maximum atomic E-state index is 13.9. The van der Waals surface area contributed by atoms with E-state index < -0.39 is 0 Å². The highest BCUT2D eigenvalue weighted by Gasteiger charge is 2.21. The third kappa shape index (κ3) is 8.41. The Morgan fingerprint density at radius 2 is 1.00 bits per heavy atom. The van der Waals surface area contributed by atoms with Crippen molar-refractivity contribution in [2.45, 2.75) is 104 Å². The lowest BCUT2D eigenvalue weighted by Gasteiger charge is -2.20. The lowest BCUT2D eigenvalue weighted by atomic mass is 9.84. The average Bonchev–Trinajstić information content (AvgIpc) is 2.99. The number of hydrogen-bond donors (Lipinski definition) is 0. The highest BCUT2D eigenvalue weighted by Crippen LogP contribution is 2.31. The van der Waals surface area contributed by atoms with Crippen LogP contribution in [0.25, 0.3) is 10.8 Å². The third-order valence-electron chi connectivity index (χ3n) is 9.08. The first kappa shape index (κ1) is 30.8. The molecule has 0 radical (unpaired) electrons. The molecule has 0 spiro atoms. The Balaban J connectivity index is 1.43. The molecular weight excluding hydrogens is 496 g/mol. The molecule has 0 amide bonds. The van der Waals surface area contributed by atoms with Crippen molar-refractivity contribution in [3.8, 4) is 0 Å². The number of fused-ring (bicyclic) bond motifs is 1. The van der Waals surface area contributed by atoms with E-state index in [-0.39, 0.29) is 5.92 Å². The van der Waals surface area contributed by atoms with Crippen molar-refractivity contribution in [3.63, 3.8) is 0 Å². The Morgan fingerprint density at radius 1 is 0.512 bits per heavy atom. The molecule has 0 aromatic heterocycles. The van der Waals surface area contributed by atoms with Crippen molar-refractivity contribution in [1.29, 1.82) is 0 Å². The Labute approximate surface area is 249 Å². The van der Waals surface area contributed by atoms with E-state index in [4.69, 9.17) is 0 Å². The predicted octanol–water partition coefficient (Wildman–Crippen LogP) is 11.8. The number of benzene rings is 4. The Hall–Kier alpha value is -3.19. The SMILES string of the molecule is CC(C)c1cccc(C(C)CCCC(CCCC(C)c2cccc(C(C)C)c2)C(=O)c2ccc3ccccc3c2)c1. The first-order chi connectivity index (χ1) is 19.7. The standard InChI is InChI=1S/C40H50O/c1-28(2)34-19-11-21-36(25-34)30(5)13-9-17-33(40(41)39-24-23-32-15-7-8-16-38(32)27-39)18-10-14-31(6)37-22-12-20-35(26-37)29(3)4/h7-8,11-12,15-16,19-31,33H,9-10,13-14,17-18H2,1-6H3. The molecule has 1 nitrogen and oxygen atoms in total. The predicted molar refractivity (Wildman–Crippen MR) is 177 cm³/mol. The van der Waals surface area contributed by atoms with Crippen molar-refractivity contribution in [2.75, 3.05) is 0 Å². The summed E-state index contributed by atoms with van der Waals surface area (Å²) in [6, 6.07) is 32.7. The van der Waals surface area contributed by atoms with Gasteiger partial charge in [-0.2, -0.15) is 0 Å². The monoisotopic (exact) mass is 546 g/mol. The van der Waals surface area contributed by atoms with Crippen molar-refractivity contribution in [1.82, 2.24) is 0 Å². The maximum Gasteiger partial charge on any atom is 0.165 e. The van der Waals surface area contributed by atoms with Crippen LogP contribution in [0.2, 0.25) is 0 Å². The van der Waals surface area contributed by atoms with Crippen LogP contribution in [0, 0.1) is 5.92 Å². The summed E-state index contributed by atoms with van der Waals surface area (Å²) < 4.78 is 0. The first-order valence-electron chi connectivity index (χ1n) is 16.0. The van der Waals surface area contributed by atoms with Crippen LogP contribution in [0.4, 0.5) is 0 Å². The topological polar surface area (TPSA) is 17.1 Å². The fourth-order valence-electron chi connectivity index (χ4n) is 6.11. The van der Waals surface area contributed by atoms with Crippen molar-refractivity contribution in [2.24, 2.45) is 5.92 Å². The molecule has 2 unspecified atom stereocenters. The van der Waals surface area contributed by atoms with E-state index in [0.717, 1.165) is 49.5 Å². The largest absolute Gasteiger partial charge is 0.294 e. The number of ketones is 1. The first-order valence-corrected chi connectivity index (χ1v) is 16.0. The van der Waals surface area contributed by atoms with E-state index in [1.807, 2.05) is 6.07 Å². The van der Waals surface area contributed by atoms with Crippen LogP contribution in [0.1, 0.15) is 136 Å². The van der Waals surface area contributed by atoms with E-state index in [9.17, 15) is 4.79 Å². The van der Waals surface area contributed by atoms with E-state index >= 15 is 0 Å². The van der Waals surface area contributed by atoms with Crippen molar-refractivity contribution >= 4 is 16.6 Å². The molecular formula is C40H50O. The zero-order valence-corrected chi connectivity index (χ0v) is 26.2. The summed E-state index contributed by atoms with van der Waals surface area (Å²) in [5, 5.41) is 2.34. The fraction of sp³-hybridized carbons (Fsp3) is 0.425. The van der Waals surface area contributed by atoms with Gasteiger partial charge >= 0.3 is 0 Å². The second-order valence-corrected chi connectivity index (χ2v) is 12.9. The smallest absolute Gasteiger partial charge is 0.165 e. The van der Waals surface area contributed by atoms with E-state index in [0.29, 0.717) is 29.5 Å². The molecule has 0 saturated carbocycles. The van der Waals surface area contributed by atoms with Gasteiger partial charge in [-0.3, -0.25) is 4.79 Å². The molecule has 216 valence electrons. The van der Waals surface area contributed by atoms with Gasteiger partial charge in [0.1, 0.15) is 0 Å². The lowest BCUT2D eigenvalue weighted by Crippen LogP contribution is -2.16. The number of rotatable bonds is 14. The van der Waals surface area contributed by atoms with E-state index in [2.05, 4.69) is 126 Å². The number of hydrogen-bond acceptors (Lipinski definition) is 1. The zero-order valence-electron chi connectivity index (χ0n) is 26.2. The zero-order chi connectivity index (χ0) is 29.4. The molecule has 0 heterocycles. The van der Waals surface area contributed by atoms with Gasteiger partial charge in [0.05, 0.1) is 0 Å². The number of carbonyl (C=O) groups is 1. The van der Waals surface area contributed by atoms with Gasteiger partial charge in [-0.05, 0) is 88.4 Å². The minimum absolute atomic E-state index is 0.0690. The highest BCUT2D eigenvalue weighted by molar-refractivity contribution is 6.01. The summed E-state index contributed by atoms with van der Waals surface area (Å²) in [6.07, 6.45) is 6.28. The molecule has 2 atom stereocenters. The van der Waals surface area contributed by atoms with Gasteiger partial charge in [-0.1, -0.05) is 139 Å². The third-order valence-corrected chi connectivity index (χ3v) is 9.08. The van der Waals surface area contributed by atoms with Crippen LogP contribution in [0.5, 0.6) is 0 Å². The van der Waals surface area contributed by atoms with Crippen LogP contribution in [0.15, 0.2) is 91.0 Å². The van der Waals surface area contributed by atoms with E-state index in [1.54, 1.807) is 0 Å². The Kier molecular flexibility index (Phi) is 11.0.